The van der Waals surface area contributed by atoms with E-state index in [1.54, 1.807) is 42.4 Å². The van der Waals surface area contributed by atoms with Crippen molar-refractivity contribution in [1.29, 1.82) is 0 Å². The first-order valence-electron chi connectivity index (χ1n) is 13.9. The summed E-state index contributed by atoms with van der Waals surface area (Å²) in [6.45, 7) is 7.28. The molecular formula is C32H36N2O7. The maximum Gasteiger partial charge on any atom is 0.312 e. The maximum absolute atomic E-state index is 14.7. The van der Waals surface area contributed by atoms with E-state index < -0.39 is 41.6 Å². The number of likely N-dealkylation sites (tertiary alicyclic amines) is 1. The smallest absolute Gasteiger partial charge is 0.312 e. The van der Waals surface area contributed by atoms with Crippen LogP contribution in [-0.2, 0) is 30.3 Å². The van der Waals surface area contributed by atoms with Gasteiger partial charge in [-0.25, -0.2) is 0 Å². The molecule has 3 aliphatic rings. The molecule has 2 aromatic carbocycles. The summed E-state index contributed by atoms with van der Waals surface area (Å²) < 4.78 is 17.2. The fourth-order valence-electron chi connectivity index (χ4n) is 6.77. The van der Waals surface area contributed by atoms with E-state index in [9.17, 15) is 19.5 Å². The Balaban J connectivity index is 1.58. The molecule has 0 saturated carbocycles. The normalized spacial score (nSPS) is 26.8. The molecule has 1 N–H and O–H groups in total. The van der Waals surface area contributed by atoms with Crippen molar-refractivity contribution < 1.29 is 33.7 Å². The molecule has 5 rings (SSSR count). The van der Waals surface area contributed by atoms with Crippen LogP contribution in [-0.4, -0.2) is 78.4 Å². The van der Waals surface area contributed by atoms with Gasteiger partial charge in [0.15, 0.2) is 0 Å². The third-order valence-electron chi connectivity index (χ3n) is 8.47. The minimum atomic E-state index is -1.23. The van der Waals surface area contributed by atoms with E-state index in [0.29, 0.717) is 30.7 Å². The summed E-state index contributed by atoms with van der Waals surface area (Å²) in [5.74, 6) is -2.39. The van der Waals surface area contributed by atoms with Crippen LogP contribution in [0.2, 0.25) is 0 Å². The highest BCUT2D eigenvalue weighted by Gasteiger charge is 2.75. The molecule has 2 aromatic rings. The summed E-state index contributed by atoms with van der Waals surface area (Å²) in [4.78, 5) is 45.3. The minimum Gasteiger partial charge on any atom is -0.497 e. The van der Waals surface area contributed by atoms with Gasteiger partial charge in [0.1, 0.15) is 24.0 Å². The second-order valence-electron chi connectivity index (χ2n) is 10.7. The number of anilines is 1. The first-order chi connectivity index (χ1) is 19.9. The predicted molar refractivity (Wildman–Crippen MR) is 152 cm³/mol. The number of aliphatic hydroxyl groups is 1. The number of nitrogens with zero attached hydrogens (tertiary/aromatic N) is 2. The lowest BCUT2D eigenvalue weighted by Gasteiger charge is -2.39. The molecule has 2 unspecified atom stereocenters. The zero-order valence-electron chi connectivity index (χ0n) is 23.2. The van der Waals surface area contributed by atoms with Gasteiger partial charge in [-0.1, -0.05) is 49.1 Å². The minimum absolute atomic E-state index is 0.0138. The topological polar surface area (TPSA) is 106 Å². The lowest BCUT2D eigenvalue weighted by atomic mass is 9.70. The number of esters is 1. The fraction of sp³-hybridized carbons (Fsp3) is 0.406. The number of rotatable bonds is 12. The summed E-state index contributed by atoms with van der Waals surface area (Å²) in [6, 6.07) is 14.8. The van der Waals surface area contributed by atoms with E-state index in [1.807, 2.05) is 30.3 Å². The molecule has 0 aliphatic carbocycles. The van der Waals surface area contributed by atoms with Gasteiger partial charge in [-0.15, -0.1) is 6.58 Å². The predicted octanol–water partition coefficient (Wildman–Crippen LogP) is 2.92. The van der Waals surface area contributed by atoms with Crippen molar-refractivity contribution in [2.75, 3.05) is 31.8 Å². The van der Waals surface area contributed by atoms with Crippen molar-refractivity contribution in [2.45, 2.75) is 43.1 Å². The highest BCUT2D eigenvalue weighted by Crippen LogP contribution is 2.59. The number of fused-ring (bicyclic) bond motifs is 1. The number of carbonyl (C=O) groups is 3. The Kier molecular flexibility index (Phi) is 8.28. The van der Waals surface area contributed by atoms with Crippen molar-refractivity contribution in [3.8, 4) is 5.75 Å². The Labute approximate surface area is 240 Å². The zero-order valence-corrected chi connectivity index (χ0v) is 23.2. The van der Waals surface area contributed by atoms with Crippen LogP contribution in [0.5, 0.6) is 5.75 Å². The number of aliphatic hydroxyl groups excluding tert-OH is 1. The summed E-state index contributed by atoms with van der Waals surface area (Å²) in [5.41, 5.74) is 0.276. The molecule has 2 amide bonds. The molecular weight excluding hydrogens is 524 g/mol. The van der Waals surface area contributed by atoms with Crippen molar-refractivity contribution in [3.05, 3.63) is 85.5 Å². The zero-order chi connectivity index (χ0) is 29.1. The third kappa shape index (κ3) is 4.93. The molecule has 3 fully saturated rings. The number of amides is 2. The van der Waals surface area contributed by atoms with Crippen molar-refractivity contribution >= 4 is 23.5 Å². The molecule has 3 heterocycles. The Bertz CT molecular complexity index is 1300. The van der Waals surface area contributed by atoms with Gasteiger partial charge in [-0.3, -0.25) is 14.4 Å². The first kappa shape index (κ1) is 28.6. The van der Waals surface area contributed by atoms with Crippen molar-refractivity contribution in [3.63, 3.8) is 0 Å². The van der Waals surface area contributed by atoms with Gasteiger partial charge >= 0.3 is 5.97 Å². The summed E-state index contributed by atoms with van der Waals surface area (Å²) in [7, 11) is 1.56. The maximum atomic E-state index is 14.7. The van der Waals surface area contributed by atoms with E-state index in [1.165, 1.54) is 11.0 Å². The monoisotopic (exact) mass is 560 g/mol. The van der Waals surface area contributed by atoms with E-state index >= 15 is 0 Å². The Hall–Kier alpha value is -3.95. The molecule has 0 radical (unpaired) electrons. The number of hydrogen-bond donors (Lipinski definition) is 1. The molecule has 3 aliphatic heterocycles. The quantitative estimate of drug-likeness (QED) is 0.314. The van der Waals surface area contributed by atoms with Crippen molar-refractivity contribution in [1.82, 2.24) is 4.90 Å². The van der Waals surface area contributed by atoms with Crippen LogP contribution in [0, 0.1) is 11.8 Å². The molecule has 1 spiro atoms. The third-order valence-corrected chi connectivity index (χ3v) is 8.47. The van der Waals surface area contributed by atoms with Crippen LogP contribution in [0.3, 0.4) is 0 Å². The van der Waals surface area contributed by atoms with E-state index in [4.69, 9.17) is 14.2 Å². The van der Waals surface area contributed by atoms with Crippen LogP contribution in [0.25, 0.3) is 0 Å². The van der Waals surface area contributed by atoms with Crippen LogP contribution < -0.4 is 9.64 Å². The average molecular weight is 561 g/mol. The van der Waals surface area contributed by atoms with Crippen molar-refractivity contribution in [2.24, 2.45) is 11.8 Å². The molecule has 216 valence electrons. The lowest BCUT2D eigenvalue weighted by molar-refractivity contribution is -0.154. The van der Waals surface area contributed by atoms with Gasteiger partial charge < -0.3 is 29.1 Å². The van der Waals surface area contributed by atoms with Crippen LogP contribution >= 0.6 is 0 Å². The number of ether oxygens (including phenoxy) is 3. The van der Waals surface area contributed by atoms with E-state index in [0.717, 1.165) is 5.56 Å². The van der Waals surface area contributed by atoms with Crippen LogP contribution in [0.4, 0.5) is 5.69 Å². The SMILES string of the molecule is C=CCOC(=O)[C@@H]1[C@@H]2CCC3(O2)C(C(=O)N(CC=C)c2ccc(OC)cc2)N([C@@H](CO)Cc2ccccc2)C(=O)[C@H]13. The highest BCUT2D eigenvalue weighted by molar-refractivity contribution is 6.04. The van der Waals surface area contributed by atoms with Gasteiger partial charge in [0.05, 0.1) is 37.7 Å². The lowest BCUT2D eigenvalue weighted by Crippen LogP contribution is -2.59. The molecule has 9 nitrogen and oxygen atoms in total. The van der Waals surface area contributed by atoms with Crippen LogP contribution in [0.15, 0.2) is 79.9 Å². The number of benzene rings is 2. The Morgan fingerprint density at radius 2 is 1.90 bits per heavy atom. The summed E-state index contributed by atoms with van der Waals surface area (Å²) >= 11 is 0. The second kappa shape index (κ2) is 11.9. The van der Waals surface area contributed by atoms with Gasteiger partial charge in [0.25, 0.3) is 5.91 Å². The average Bonchev–Trinajstić information content (AvgIpc) is 3.65. The molecule has 3 saturated heterocycles. The molecule has 41 heavy (non-hydrogen) atoms. The summed E-state index contributed by atoms with van der Waals surface area (Å²) in [5, 5.41) is 10.6. The number of carbonyl (C=O) groups excluding carboxylic acids is 3. The Morgan fingerprint density at radius 3 is 2.54 bits per heavy atom. The van der Waals surface area contributed by atoms with Gasteiger partial charge in [-0.05, 0) is 49.1 Å². The summed E-state index contributed by atoms with van der Waals surface area (Å²) in [6.07, 6.45) is 3.83. The van der Waals surface area contributed by atoms with E-state index in [-0.39, 0.29) is 31.6 Å². The van der Waals surface area contributed by atoms with Crippen LogP contribution in [0.1, 0.15) is 18.4 Å². The largest absolute Gasteiger partial charge is 0.497 e. The van der Waals surface area contributed by atoms with Gasteiger partial charge in [0, 0.05) is 12.2 Å². The van der Waals surface area contributed by atoms with Gasteiger partial charge in [-0.2, -0.15) is 0 Å². The molecule has 2 bridgehead atoms. The number of hydrogen-bond acceptors (Lipinski definition) is 7. The molecule has 9 heteroatoms. The Morgan fingerprint density at radius 1 is 1.17 bits per heavy atom. The molecule has 0 aromatic heterocycles. The highest BCUT2D eigenvalue weighted by atomic mass is 16.6. The van der Waals surface area contributed by atoms with Gasteiger partial charge in [0.2, 0.25) is 5.91 Å². The first-order valence-corrected chi connectivity index (χ1v) is 13.9. The second-order valence-corrected chi connectivity index (χ2v) is 10.7. The number of methoxy groups -OCH3 is 1. The standard InChI is InChI=1S/C32H36N2O7/c1-4-17-33(22-11-13-24(39-3)14-12-22)30(37)28-32-16-15-25(41-32)26(31(38)40-18-5-2)27(32)29(36)34(28)23(20-35)19-21-9-7-6-8-10-21/h4-14,23,25-28,35H,1-2,15-20H2,3H3/t23-,25+,26-,27+,28?,32?/m1/s1. The van der Waals surface area contributed by atoms with E-state index in [2.05, 4.69) is 13.2 Å². The fourth-order valence-corrected chi connectivity index (χ4v) is 6.77. The molecule has 6 atom stereocenters.